The Labute approximate surface area is 99.6 Å². The van der Waals surface area contributed by atoms with Crippen molar-refractivity contribution in [1.29, 1.82) is 0 Å². The summed E-state index contributed by atoms with van der Waals surface area (Å²) in [4.78, 5) is 12.7. The highest BCUT2D eigenvalue weighted by molar-refractivity contribution is 6.31. The molecule has 0 aromatic heterocycles. The standard InChI is InChI=1S/C12H14ClNO2/c13-11-4-2-1-3-10(11)8-14-6-9(7-14)5-12(15)16/h1-4,9H,5-8H2,(H,15,16). The average Bonchev–Trinajstić information content (AvgIpc) is 2.17. The van der Waals surface area contributed by atoms with Crippen LogP contribution in [-0.2, 0) is 11.3 Å². The minimum Gasteiger partial charge on any atom is -0.481 e. The Morgan fingerprint density at radius 1 is 1.44 bits per heavy atom. The van der Waals surface area contributed by atoms with E-state index in [1.165, 1.54) is 0 Å². The maximum Gasteiger partial charge on any atom is 0.303 e. The van der Waals surface area contributed by atoms with Crippen molar-refractivity contribution >= 4 is 17.6 Å². The Morgan fingerprint density at radius 2 is 2.12 bits per heavy atom. The van der Waals surface area contributed by atoms with Crippen molar-refractivity contribution in [2.24, 2.45) is 5.92 Å². The van der Waals surface area contributed by atoms with Crippen LogP contribution in [0.5, 0.6) is 0 Å². The number of carbonyl (C=O) groups is 1. The fourth-order valence-corrected chi connectivity index (χ4v) is 2.24. The lowest BCUT2D eigenvalue weighted by atomic mass is 9.96. The summed E-state index contributed by atoms with van der Waals surface area (Å²) in [5.41, 5.74) is 1.11. The molecule has 1 fully saturated rings. The summed E-state index contributed by atoms with van der Waals surface area (Å²) in [6, 6.07) is 7.77. The van der Waals surface area contributed by atoms with Gasteiger partial charge in [-0.05, 0) is 17.5 Å². The number of carboxylic acid groups (broad SMARTS) is 1. The van der Waals surface area contributed by atoms with Crippen molar-refractivity contribution in [1.82, 2.24) is 4.90 Å². The third-order valence-electron chi connectivity index (χ3n) is 2.85. The molecule has 16 heavy (non-hydrogen) atoms. The van der Waals surface area contributed by atoms with Gasteiger partial charge >= 0.3 is 5.97 Å². The molecule has 4 heteroatoms. The van der Waals surface area contributed by atoms with Crippen LogP contribution in [-0.4, -0.2) is 29.1 Å². The van der Waals surface area contributed by atoms with Gasteiger partial charge in [0, 0.05) is 24.7 Å². The molecule has 1 aromatic rings. The van der Waals surface area contributed by atoms with Gasteiger partial charge in [0.2, 0.25) is 0 Å². The van der Waals surface area contributed by atoms with Gasteiger partial charge in [-0.15, -0.1) is 0 Å². The lowest BCUT2D eigenvalue weighted by Crippen LogP contribution is -2.46. The van der Waals surface area contributed by atoms with E-state index in [2.05, 4.69) is 4.90 Å². The fraction of sp³-hybridized carbons (Fsp3) is 0.417. The maximum atomic E-state index is 10.5. The Balaban J connectivity index is 1.82. The normalized spacial score (nSPS) is 17.1. The van der Waals surface area contributed by atoms with E-state index < -0.39 is 5.97 Å². The van der Waals surface area contributed by atoms with Crippen LogP contribution in [0.25, 0.3) is 0 Å². The smallest absolute Gasteiger partial charge is 0.303 e. The zero-order chi connectivity index (χ0) is 11.5. The van der Waals surface area contributed by atoms with Gasteiger partial charge in [-0.1, -0.05) is 29.8 Å². The lowest BCUT2D eigenvalue weighted by molar-refractivity contribution is -0.139. The molecule has 1 aliphatic rings. The van der Waals surface area contributed by atoms with E-state index in [9.17, 15) is 4.79 Å². The van der Waals surface area contributed by atoms with Crippen molar-refractivity contribution < 1.29 is 9.90 Å². The third kappa shape index (κ3) is 2.74. The average molecular weight is 240 g/mol. The number of carboxylic acids is 1. The number of benzene rings is 1. The molecule has 1 heterocycles. The van der Waals surface area contributed by atoms with Gasteiger partial charge in [0.05, 0.1) is 6.42 Å². The molecule has 0 amide bonds. The van der Waals surface area contributed by atoms with Crippen LogP contribution >= 0.6 is 11.6 Å². The Morgan fingerprint density at radius 3 is 2.75 bits per heavy atom. The van der Waals surface area contributed by atoms with E-state index in [0.29, 0.717) is 5.92 Å². The van der Waals surface area contributed by atoms with E-state index in [4.69, 9.17) is 16.7 Å². The molecule has 86 valence electrons. The molecular weight excluding hydrogens is 226 g/mol. The predicted molar refractivity (Wildman–Crippen MR) is 62.5 cm³/mol. The maximum absolute atomic E-state index is 10.5. The number of likely N-dealkylation sites (tertiary alicyclic amines) is 1. The molecule has 1 aliphatic heterocycles. The van der Waals surface area contributed by atoms with E-state index >= 15 is 0 Å². The second-order valence-electron chi connectivity index (χ2n) is 4.25. The van der Waals surface area contributed by atoms with Crippen molar-refractivity contribution in [3.8, 4) is 0 Å². The summed E-state index contributed by atoms with van der Waals surface area (Å²) >= 11 is 6.05. The first-order valence-corrected chi connectivity index (χ1v) is 5.70. The third-order valence-corrected chi connectivity index (χ3v) is 3.22. The van der Waals surface area contributed by atoms with Gasteiger partial charge in [0.25, 0.3) is 0 Å². The monoisotopic (exact) mass is 239 g/mol. The van der Waals surface area contributed by atoms with E-state index in [1.807, 2.05) is 24.3 Å². The number of rotatable bonds is 4. The van der Waals surface area contributed by atoms with Crippen LogP contribution in [0.1, 0.15) is 12.0 Å². The van der Waals surface area contributed by atoms with Crippen LogP contribution in [0.2, 0.25) is 5.02 Å². The van der Waals surface area contributed by atoms with Crippen LogP contribution in [0, 0.1) is 5.92 Å². The lowest BCUT2D eigenvalue weighted by Gasteiger charge is -2.38. The second-order valence-corrected chi connectivity index (χ2v) is 4.66. The Bertz CT molecular complexity index is 388. The topological polar surface area (TPSA) is 40.5 Å². The molecule has 1 aromatic carbocycles. The summed E-state index contributed by atoms with van der Waals surface area (Å²) < 4.78 is 0. The zero-order valence-corrected chi connectivity index (χ0v) is 9.65. The van der Waals surface area contributed by atoms with Crippen molar-refractivity contribution in [2.45, 2.75) is 13.0 Å². The fourth-order valence-electron chi connectivity index (χ4n) is 2.05. The molecule has 0 saturated carbocycles. The largest absolute Gasteiger partial charge is 0.481 e. The number of nitrogens with zero attached hydrogens (tertiary/aromatic N) is 1. The van der Waals surface area contributed by atoms with Gasteiger partial charge in [-0.2, -0.15) is 0 Å². The SMILES string of the molecule is O=C(O)CC1CN(Cc2ccccc2Cl)C1. The molecule has 1 saturated heterocycles. The highest BCUT2D eigenvalue weighted by atomic mass is 35.5. The second kappa shape index (κ2) is 4.85. The molecule has 1 N–H and O–H groups in total. The Kier molecular flexibility index (Phi) is 3.46. The number of aliphatic carboxylic acids is 1. The number of hydrogen-bond acceptors (Lipinski definition) is 2. The van der Waals surface area contributed by atoms with Crippen molar-refractivity contribution in [2.75, 3.05) is 13.1 Å². The predicted octanol–water partition coefficient (Wildman–Crippen LogP) is 2.25. The first-order chi connectivity index (χ1) is 7.65. The van der Waals surface area contributed by atoms with E-state index in [1.54, 1.807) is 0 Å². The summed E-state index contributed by atoms with van der Waals surface area (Å²) in [6.07, 6.45) is 0.277. The quantitative estimate of drug-likeness (QED) is 0.876. The van der Waals surface area contributed by atoms with Gasteiger partial charge in [-0.3, -0.25) is 9.69 Å². The zero-order valence-electron chi connectivity index (χ0n) is 8.90. The summed E-state index contributed by atoms with van der Waals surface area (Å²) in [5, 5.41) is 9.41. The van der Waals surface area contributed by atoms with Gasteiger partial charge in [0.15, 0.2) is 0 Å². The molecule has 0 atom stereocenters. The van der Waals surface area contributed by atoms with Crippen molar-refractivity contribution in [3.05, 3.63) is 34.9 Å². The molecule has 2 rings (SSSR count). The molecule has 0 spiro atoms. The van der Waals surface area contributed by atoms with Crippen LogP contribution in [0.4, 0.5) is 0 Å². The molecule has 0 unspecified atom stereocenters. The van der Waals surface area contributed by atoms with Gasteiger partial charge < -0.3 is 5.11 Å². The van der Waals surface area contributed by atoms with E-state index in [-0.39, 0.29) is 6.42 Å². The first-order valence-electron chi connectivity index (χ1n) is 5.32. The minimum absolute atomic E-state index is 0.277. The summed E-state index contributed by atoms with van der Waals surface area (Å²) in [7, 11) is 0. The molecular formula is C12H14ClNO2. The summed E-state index contributed by atoms with van der Waals surface area (Å²) in [6.45, 7) is 2.53. The Hall–Kier alpha value is -1.06. The van der Waals surface area contributed by atoms with Crippen LogP contribution < -0.4 is 0 Å². The minimum atomic E-state index is -0.706. The number of halogens is 1. The van der Waals surface area contributed by atoms with Gasteiger partial charge in [-0.25, -0.2) is 0 Å². The highest BCUT2D eigenvalue weighted by Crippen LogP contribution is 2.24. The molecule has 0 bridgehead atoms. The number of hydrogen-bond donors (Lipinski definition) is 1. The van der Waals surface area contributed by atoms with Gasteiger partial charge in [0.1, 0.15) is 0 Å². The molecule has 0 aliphatic carbocycles. The molecule has 3 nitrogen and oxygen atoms in total. The van der Waals surface area contributed by atoms with E-state index in [0.717, 1.165) is 30.2 Å². The van der Waals surface area contributed by atoms with Crippen LogP contribution in [0.15, 0.2) is 24.3 Å². The summed E-state index contributed by atoms with van der Waals surface area (Å²) in [5.74, 6) is -0.401. The molecule has 0 radical (unpaired) electrons. The van der Waals surface area contributed by atoms with Crippen LogP contribution in [0.3, 0.4) is 0 Å². The van der Waals surface area contributed by atoms with Crippen molar-refractivity contribution in [3.63, 3.8) is 0 Å². The first kappa shape index (κ1) is 11.4. The highest BCUT2D eigenvalue weighted by Gasteiger charge is 2.28.